The summed E-state index contributed by atoms with van der Waals surface area (Å²) in [7, 11) is 2.31. The fourth-order valence-corrected chi connectivity index (χ4v) is 2.98. The lowest BCUT2D eigenvalue weighted by molar-refractivity contribution is 0.0487. The second-order valence-electron chi connectivity index (χ2n) is 3.24. The highest BCUT2D eigenvalue weighted by atomic mass is 28.4. The Bertz CT molecular complexity index is 147. The molecule has 6 heteroatoms. The van der Waals surface area contributed by atoms with Gasteiger partial charge in [0, 0.05) is 34.0 Å². The third-order valence-electron chi connectivity index (χ3n) is 2.20. The third kappa shape index (κ3) is 5.60. The summed E-state index contributed by atoms with van der Waals surface area (Å²) in [6, 6.07) is 0.668. The molecule has 0 fully saturated rings. The summed E-state index contributed by atoms with van der Waals surface area (Å²) in [4.78, 5) is 0. The van der Waals surface area contributed by atoms with Crippen LogP contribution in [0.2, 0.25) is 6.04 Å². The molecule has 0 aliphatic heterocycles. The van der Waals surface area contributed by atoms with E-state index >= 15 is 0 Å². The SMILES string of the molecule is CCCOC(N)CC[Si](OC)(OC)OC. The molecule has 1 atom stereocenters. The van der Waals surface area contributed by atoms with E-state index in [1.807, 2.05) is 6.92 Å². The maximum Gasteiger partial charge on any atom is 0.500 e. The standard InChI is InChI=1S/C9H23NO4Si/c1-5-7-14-9(10)6-8-15(11-2,12-3)13-4/h9H,5-8,10H2,1-4H3. The van der Waals surface area contributed by atoms with Crippen LogP contribution in [-0.2, 0) is 18.0 Å². The van der Waals surface area contributed by atoms with Crippen molar-refractivity contribution in [3.8, 4) is 0 Å². The Labute approximate surface area is 93.2 Å². The van der Waals surface area contributed by atoms with Gasteiger partial charge in [0.2, 0.25) is 0 Å². The highest BCUT2D eigenvalue weighted by molar-refractivity contribution is 6.60. The van der Waals surface area contributed by atoms with Crippen molar-refractivity contribution in [2.75, 3.05) is 27.9 Å². The first-order valence-corrected chi connectivity index (χ1v) is 7.10. The van der Waals surface area contributed by atoms with Crippen LogP contribution >= 0.6 is 0 Å². The van der Waals surface area contributed by atoms with Gasteiger partial charge in [-0.2, -0.15) is 0 Å². The second-order valence-corrected chi connectivity index (χ2v) is 6.33. The lowest BCUT2D eigenvalue weighted by Gasteiger charge is -2.25. The Balaban J connectivity index is 3.88. The fourth-order valence-electron chi connectivity index (χ4n) is 1.23. The van der Waals surface area contributed by atoms with Gasteiger partial charge in [-0.05, 0) is 12.8 Å². The summed E-state index contributed by atoms with van der Waals surface area (Å²) in [6.45, 7) is 2.73. The molecule has 0 saturated carbocycles. The largest absolute Gasteiger partial charge is 0.500 e. The van der Waals surface area contributed by atoms with Crippen molar-refractivity contribution in [2.45, 2.75) is 32.0 Å². The zero-order chi connectivity index (χ0) is 11.7. The van der Waals surface area contributed by atoms with Crippen molar-refractivity contribution in [2.24, 2.45) is 5.73 Å². The summed E-state index contributed by atoms with van der Waals surface area (Å²) in [5.74, 6) is 0. The molecular formula is C9H23NO4Si. The highest BCUT2D eigenvalue weighted by Crippen LogP contribution is 2.16. The van der Waals surface area contributed by atoms with Crippen LogP contribution in [-0.4, -0.2) is 43.0 Å². The first-order valence-electron chi connectivity index (χ1n) is 5.16. The Kier molecular flexibility index (Phi) is 8.21. The summed E-state index contributed by atoms with van der Waals surface area (Å²) >= 11 is 0. The average molecular weight is 237 g/mol. The molecule has 0 aromatic carbocycles. The molecule has 0 bridgehead atoms. The van der Waals surface area contributed by atoms with Crippen LogP contribution in [0.4, 0.5) is 0 Å². The predicted molar refractivity (Wildman–Crippen MR) is 60.4 cm³/mol. The van der Waals surface area contributed by atoms with Crippen LogP contribution in [0.5, 0.6) is 0 Å². The quantitative estimate of drug-likeness (QED) is 0.478. The molecule has 92 valence electrons. The van der Waals surface area contributed by atoms with Gasteiger partial charge >= 0.3 is 8.80 Å². The van der Waals surface area contributed by atoms with E-state index in [1.54, 1.807) is 21.3 Å². The molecule has 2 N–H and O–H groups in total. The van der Waals surface area contributed by atoms with Gasteiger partial charge in [0.25, 0.3) is 0 Å². The number of nitrogens with two attached hydrogens (primary N) is 1. The number of hydrogen-bond acceptors (Lipinski definition) is 5. The average Bonchev–Trinajstić information content (AvgIpc) is 2.29. The topological polar surface area (TPSA) is 62.9 Å². The zero-order valence-corrected chi connectivity index (χ0v) is 11.1. The smallest absolute Gasteiger partial charge is 0.377 e. The molecule has 0 rings (SSSR count). The molecular weight excluding hydrogens is 214 g/mol. The Morgan fingerprint density at radius 2 is 1.67 bits per heavy atom. The maximum absolute atomic E-state index is 5.76. The highest BCUT2D eigenvalue weighted by Gasteiger charge is 2.37. The van der Waals surface area contributed by atoms with E-state index in [2.05, 4.69) is 0 Å². The molecule has 1 unspecified atom stereocenters. The van der Waals surface area contributed by atoms with E-state index < -0.39 is 8.80 Å². The van der Waals surface area contributed by atoms with Crippen molar-refractivity contribution < 1.29 is 18.0 Å². The minimum atomic E-state index is -2.48. The van der Waals surface area contributed by atoms with Crippen LogP contribution in [0, 0.1) is 0 Å². The molecule has 0 aromatic heterocycles. The summed E-state index contributed by atoms with van der Waals surface area (Å²) < 4.78 is 21.2. The molecule has 0 saturated heterocycles. The minimum absolute atomic E-state index is 0.266. The summed E-state index contributed by atoms with van der Waals surface area (Å²) in [5.41, 5.74) is 5.76. The fraction of sp³-hybridized carbons (Fsp3) is 1.00. The Morgan fingerprint density at radius 3 is 2.07 bits per heavy atom. The second kappa shape index (κ2) is 8.20. The monoisotopic (exact) mass is 237 g/mol. The van der Waals surface area contributed by atoms with Gasteiger partial charge in [-0.25, -0.2) is 0 Å². The Hall–Kier alpha value is 0.0169. The number of rotatable bonds is 9. The van der Waals surface area contributed by atoms with Gasteiger partial charge < -0.3 is 23.7 Å². The maximum atomic E-state index is 5.76. The van der Waals surface area contributed by atoms with Gasteiger partial charge in [-0.1, -0.05) is 6.92 Å². The van der Waals surface area contributed by atoms with Gasteiger partial charge in [-0.15, -0.1) is 0 Å². The van der Waals surface area contributed by atoms with Gasteiger partial charge in [0.15, 0.2) is 0 Å². The lowest BCUT2D eigenvalue weighted by Crippen LogP contribution is -2.44. The van der Waals surface area contributed by atoms with Gasteiger partial charge in [0.05, 0.1) is 0 Å². The first kappa shape index (κ1) is 15.0. The molecule has 0 radical (unpaired) electrons. The van der Waals surface area contributed by atoms with Crippen LogP contribution < -0.4 is 5.73 Å². The molecule has 0 aliphatic rings. The normalized spacial score (nSPS) is 14.2. The van der Waals surface area contributed by atoms with Crippen molar-refractivity contribution in [3.05, 3.63) is 0 Å². The molecule has 0 aliphatic carbocycles. The van der Waals surface area contributed by atoms with E-state index in [1.165, 1.54) is 0 Å². The van der Waals surface area contributed by atoms with Gasteiger partial charge in [-0.3, -0.25) is 0 Å². The summed E-state index contributed by atoms with van der Waals surface area (Å²) in [6.07, 6.45) is 1.38. The van der Waals surface area contributed by atoms with E-state index in [9.17, 15) is 0 Å². The molecule has 0 aromatic rings. The Morgan fingerprint density at radius 1 is 1.13 bits per heavy atom. The van der Waals surface area contributed by atoms with Crippen LogP contribution in [0.1, 0.15) is 19.8 Å². The molecule has 0 spiro atoms. The summed E-state index contributed by atoms with van der Waals surface area (Å²) in [5, 5.41) is 0. The van der Waals surface area contributed by atoms with Crippen LogP contribution in [0.15, 0.2) is 0 Å². The van der Waals surface area contributed by atoms with Crippen molar-refractivity contribution in [1.29, 1.82) is 0 Å². The predicted octanol–water partition coefficient (Wildman–Crippen LogP) is 0.966. The van der Waals surface area contributed by atoms with Gasteiger partial charge in [0.1, 0.15) is 6.23 Å². The van der Waals surface area contributed by atoms with Crippen LogP contribution in [0.25, 0.3) is 0 Å². The van der Waals surface area contributed by atoms with E-state index in [0.717, 1.165) is 6.42 Å². The first-order chi connectivity index (χ1) is 7.14. The van der Waals surface area contributed by atoms with E-state index in [4.69, 9.17) is 23.7 Å². The lowest BCUT2D eigenvalue weighted by atomic mass is 10.4. The molecule has 5 nitrogen and oxygen atoms in total. The molecule has 0 amide bonds. The number of ether oxygens (including phenoxy) is 1. The van der Waals surface area contributed by atoms with E-state index in [-0.39, 0.29) is 6.23 Å². The van der Waals surface area contributed by atoms with E-state index in [0.29, 0.717) is 19.1 Å². The third-order valence-corrected chi connectivity index (χ3v) is 4.97. The van der Waals surface area contributed by atoms with Crippen molar-refractivity contribution in [3.63, 3.8) is 0 Å². The molecule has 0 heterocycles. The van der Waals surface area contributed by atoms with Crippen molar-refractivity contribution in [1.82, 2.24) is 0 Å². The molecule has 15 heavy (non-hydrogen) atoms. The number of hydrogen-bond donors (Lipinski definition) is 1. The zero-order valence-electron chi connectivity index (χ0n) is 10.1. The van der Waals surface area contributed by atoms with Crippen LogP contribution in [0.3, 0.4) is 0 Å². The minimum Gasteiger partial charge on any atom is -0.377 e. The van der Waals surface area contributed by atoms with Crippen molar-refractivity contribution >= 4 is 8.80 Å².